The average Bonchev–Trinajstić information content (AvgIpc) is 2.84. The van der Waals surface area contributed by atoms with Gasteiger partial charge in [-0.15, -0.1) is 0 Å². The molecule has 0 N–H and O–H groups in total. The van der Waals surface area contributed by atoms with E-state index in [1.54, 1.807) is 7.11 Å². The Balaban J connectivity index is 2.24. The van der Waals surface area contributed by atoms with Gasteiger partial charge < -0.3 is 9.14 Å². The highest BCUT2D eigenvalue weighted by Crippen LogP contribution is 2.30. The minimum absolute atomic E-state index is 0.676. The van der Waals surface area contributed by atoms with Crippen LogP contribution in [0.1, 0.15) is 21.6 Å². The van der Waals surface area contributed by atoms with Crippen LogP contribution in [0.2, 0.25) is 0 Å². The van der Waals surface area contributed by atoms with Crippen LogP contribution in [0.5, 0.6) is 5.75 Å². The fourth-order valence-electron chi connectivity index (χ4n) is 2.71. The lowest BCUT2D eigenvalue weighted by molar-refractivity contribution is 0.111. The molecule has 0 amide bonds. The summed E-state index contributed by atoms with van der Waals surface area (Å²) in [6.07, 6.45) is 2.85. The summed E-state index contributed by atoms with van der Waals surface area (Å²) < 4.78 is 7.22. The predicted molar refractivity (Wildman–Crippen MR) is 84.2 cm³/mol. The number of hydrogen-bond donors (Lipinski definition) is 0. The summed E-state index contributed by atoms with van der Waals surface area (Å²) in [6.45, 7) is 4.05. The Bertz CT molecular complexity index is 831. The van der Waals surface area contributed by atoms with E-state index >= 15 is 0 Å². The van der Waals surface area contributed by atoms with Crippen molar-refractivity contribution in [1.82, 2.24) is 4.40 Å². The zero-order chi connectivity index (χ0) is 15.0. The largest absolute Gasteiger partial charge is 0.496 e. The van der Waals surface area contributed by atoms with E-state index in [2.05, 4.69) is 12.1 Å². The predicted octanol–water partition coefficient (Wildman–Crippen LogP) is 4.04. The van der Waals surface area contributed by atoms with Crippen molar-refractivity contribution >= 4 is 11.8 Å². The highest BCUT2D eigenvalue weighted by atomic mass is 16.5. The van der Waals surface area contributed by atoms with Crippen molar-refractivity contribution in [3.8, 4) is 16.9 Å². The maximum Gasteiger partial charge on any atom is 0.167 e. The fourth-order valence-corrected chi connectivity index (χ4v) is 2.71. The quantitative estimate of drug-likeness (QED) is 0.677. The van der Waals surface area contributed by atoms with E-state index in [9.17, 15) is 4.79 Å². The van der Waals surface area contributed by atoms with Gasteiger partial charge in [0.05, 0.1) is 12.8 Å². The van der Waals surface area contributed by atoms with Gasteiger partial charge >= 0.3 is 0 Å². The average molecular weight is 279 g/mol. The van der Waals surface area contributed by atoms with Crippen LogP contribution in [0, 0.1) is 13.8 Å². The molecule has 3 aromatic rings. The number of ether oxygens (including phenoxy) is 1. The van der Waals surface area contributed by atoms with Gasteiger partial charge in [0.1, 0.15) is 5.75 Å². The third-order valence-electron chi connectivity index (χ3n) is 3.79. The van der Waals surface area contributed by atoms with Crippen LogP contribution >= 0.6 is 0 Å². The Morgan fingerprint density at radius 1 is 1.10 bits per heavy atom. The van der Waals surface area contributed by atoms with E-state index in [1.165, 1.54) is 5.56 Å². The summed E-state index contributed by atoms with van der Waals surface area (Å²) >= 11 is 0. The third kappa shape index (κ3) is 2.21. The number of benzene rings is 1. The summed E-state index contributed by atoms with van der Waals surface area (Å²) in [5, 5.41) is 0. The topological polar surface area (TPSA) is 30.7 Å². The number of aromatic nitrogens is 1. The van der Waals surface area contributed by atoms with E-state index in [0.717, 1.165) is 34.2 Å². The minimum atomic E-state index is 0.676. The van der Waals surface area contributed by atoms with E-state index in [-0.39, 0.29) is 0 Å². The molecule has 0 radical (unpaired) electrons. The van der Waals surface area contributed by atoms with E-state index < -0.39 is 0 Å². The molecule has 106 valence electrons. The molecule has 21 heavy (non-hydrogen) atoms. The number of nitrogens with zero attached hydrogens (tertiary/aromatic N) is 1. The Morgan fingerprint density at radius 3 is 2.57 bits per heavy atom. The Kier molecular flexibility index (Phi) is 3.26. The molecule has 0 aliphatic rings. The summed E-state index contributed by atoms with van der Waals surface area (Å²) in [6, 6.07) is 12.1. The maximum absolute atomic E-state index is 11.5. The molecule has 0 aliphatic heterocycles. The van der Waals surface area contributed by atoms with Gasteiger partial charge in [-0.25, -0.2) is 0 Å². The molecule has 0 saturated carbocycles. The normalized spacial score (nSPS) is 10.8. The fraction of sp³-hybridized carbons (Fsp3) is 0.167. The molecule has 0 atom stereocenters. The molecule has 0 aliphatic carbocycles. The van der Waals surface area contributed by atoms with Crippen LogP contribution in [-0.4, -0.2) is 17.8 Å². The number of methoxy groups -OCH3 is 1. The molecule has 0 bridgehead atoms. The number of hydrogen-bond acceptors (Lipinski definition) is 2. The second-order valence-corrected chi connectivity index (χ2v) is 5.24. The van der Waals surface area contributed by atoms with Crippen molar-refractivity contribution in [2.24, 2.45) is 0 Å². The third-order valence-corrected chi connectivity index (χ3v) is 3.79. The molecule has 0 spiro atoms. The molecule has 0 fully saturated rings. The number of aldehydes is 1. The lowest BCUT2D eigenvalue weighted by atomic mass is 10.0. The van der Waals surface area contributed by atoms with Crippen molar-refractivity contribution in [3.63, 3.8) is 0 Å². The van der Waals surface area contributed by atoms with Crippen molar-refractivity contribution in [3.05, 3.63) is 59.4 Å². The smallest absolute Gasteiger partial charge is 0.167 e. The van der Waals surface area contributed by atoms with E-state index in [0.29, 0.717) is 5.69 Å². The van der Waals surface area contributed by atoms with Crippen LogP contribution in [0.25, 0.3) is 16.6 Å². The molecule has 2 aromatic heterocycles. The Hall–Kier alpha value is -2.55. The maximum atomic E-state index is 11.5. The summed E-state index contributed by atoms with van der Waals surface area (Å²) in [5.74, 6) is 0.853. The minimum Gasteiger partial charge on any atom is -0.496 e. The number of aryl methyl sites for hydroxylation is 2. The van der Waals surface area contributed by atoms with Gasteiger partial charge in [-0.05, 0) is 60.9 Å². The van der Waals surface area contributed by atoms with Gasteiger partial charge in [0, 0.05) is 17.3 Å². The van der Waals surface area contributed by atoms with Gasteiger partial charge in [-0.1, -0.05) is 6.07 Å². The summed E-state index contributed by atoms with van der Waals surface area (Å²) in [5.41, 5.74) is 5.90. The standard InChI is InChI=1S/C18H17NO2/c1-12-6-7-19-15(8-12)10-16(17(19)11-20)14-4-5-18(21-3)13(2)9-14/h4-11H,1-3H3. The zero-order valence-corrected chi connectivity index (χ0v) is 12.4. The van der Waals surface area contributed by atoms with Gasteiger partial charge in [0.15, 0.2) is 6.29 Å². The van der Waals surface area contributed by atoms with Gasteiger partial charge in [-0.2, -0.15) is 0 Å². The monoisotopic (exact) mass is 279 g/mol. The van der Waals surface area contributed by atoms with Crippen LogP contribution in [0.3, 0.4) is 0 Å². The van der Waals surface area contributed by atoms with Crippen LogP contribution in [0.4, 0.5) is 0 Å². The highest BCUT2D eigenvalue weighted by Gasteiger charge is 2.12. The SMILES string of the molecule is COc1ccc(-c2cc3cc(C)ccn3c2C=O)cc1C. The highest BCUT2D eigenvalue weighted by molar-refractivity contribution is 5.90. The number of carbonyl (C=O) groups excluding carboxylic acids is 1. The van der Waals surface area contributed by atoms with Crippen molar-refractivity contribution in [1.29, 1.82) is 0 Å². The van der Waals surface area contributed by atoms with Crippen molar-refractivity contribution in [2.45, 2.75) is 13.8 Å². The molecule has 3 nitrogen and oxygen atoms in total. The first-order valence-electron chi connectivity index (χ1n) is 6.86. The second kappa shape index (κ2) is 5.09. The van der Waals surface area contributed by atoms with Crippen LogP contribution in [-0.2, 0) is 0 Å². The lowest BCUT2D eigenvalue weighted by Crippen LogP contribution is -1.93. The number of pyridine rings is 1. The van der Waals surface area contributed by atoms with E-state index in [4.69, 9.17) is 4.74 Å². The molecular weight excluding hydrogens is 262 g/mol. The second-order valence-electron chi connectivity index (χ2n) is 5.24. The molecule has 3 heteroatoms. The molecular formula is C18H17NO2. The lowest BCUT2D eigenvalue weighted by Gasteiger charge is -2.07. The van der Waals surface area contributed by atoms with Gasteiger partial charge in [0.25, 0.3) is 0 Å². The Morgan fingerprint density at radius 2 is 1.90 bits per heavy atom. The van der Waals surface area contributed by atoms with Gasteiger partial charge in [-0.3, -0.25) is 4.79 Å². The first-order chi connectivity index (χ1) is 10.1. The number of carbonyl (C=O) groups is 1. The number of rotatable bonds is 3. The first kappa shape index (κ1) is 13.4. The zero-order valence-electron chi connectivity index (χ0n) is 12.4. The van der Waals surface area contributed by atoms with Gasteiger partial charge in [0.2, 0.25) is 0 Å². The Labute approximate surface area is 123 Å². The summed E-state index contributed by atoms with van der Waals surface area (Å²) in [7, 11) is 1.66. The first-order valence-corrected chi connectivity index (χ1v) is 6.86. The molecule has 1 aromatic carbocycles. The summed E-state index contributed by atoms with van der Waals surface area (Å²) in [4.78, 5) is 11.5. The van der Waals surface area contributed by atoms with Crippen LogP contribution in [0.15, 0.2) is 42.6 Å². The molecule has 0 unspecified atom stereocenters. The molecule has 3 rings (SSSR count). The van der Waals surface area contributed by atoms with Crippen LogP contribution < -0.4 is 4.74 Å². The molecule has 2 heterocycles. The van der Waals surface area contributed by atoms with Crippen molar-refractivity contribution < 1.29 is 9.53 Å². The van der Waals surface area contributed by atoms with E-state index in [1.807, 2.05) is 48.7 Å². The van der Waals surface area contributed by atoms with Crippen molar-refractivity contribution in [2.75, 3.05) is 7.11 Å². The number of fused-ring (bicyclic) bond motifs is 1. The molecule has 0 saturated heterocycles.